The van der Waals surface area contributed by atoms with Crippen LogP contribution in [0.1, 0.15) is 13.8 Å². The Morgan fingerprint density at radius 2 is 2.31 bits per heavy atom. The number of hydrogen-bond donors (Lipinski definition) is 2. The summed E-state index contributed by atoms with van der Waals surface area (Å²) in [6.07, 6.45) is 0.247. The predicted octanol–water partition coefficient (Wildman–Crippen LogP) is -0.585. The van der Waals surface area contributed by atoms with E-state index in [-0.39, 0.29) is 18.8 Å². The van der Waals surface area contributed by atoms with Crippen LogP contribution in [0.15, 0.2) is 0 Å². The molecule has 1 rings (SSSR count). The molecule has 0 bridgehead atoms. The second-order valence-corrected chi connectivity index (χ2v) is 3.76. The maximum absolute atomic E-state index is 9.12. The van der Waals surface area contributed by atoms with E-state index in [0.29, 0.717) is 12.6 Å². The number of aliphatic hydroxyl groups is 1. The third kappa shape index (κ3) is 2.64. The molecular formula is C9H20N2O2. The van der Waals surface area contributed by atoms with Gasteiger partial charge in [-0.3, -0.25) is 4.90 Å². The van der Waals surface area contributed by atoms with Crippen LogP contribution < -0.4 is 5.73 Å². The van der Waals surface area contributed by atoms with Crippen molar-refractivity contribution < 1.29 is 9.84 Å². The Hall–Kier alpha value is -0.160. The zero-order valence-electron chi connectivity index (χ0n) is 8.44. The minimum Gasteiger partial charge on any atom is -0.395 e. The average molecular weight is 188 g/mol. The van der Waals surface area contributed by atoms with E-state index in [1.165, 1.54) is 0 Å². The lowest BCUT2D eigenvalue weighted by molar-refractivity contribution is -0.0715. The molecule has 3 unspecified atom stereocenters. The summed E-state index contributed by atoms with van der Waals surface area (Å²) in [5, 5.41) is 9.12. The molecule has 0 aromatic carbocycles. The van der Waals surface area contributed by atoms with Crippen molar-refractivity contribution >= 4 is 0 Å². The van der Waals surface area contributed by atoms with Crippen molar-refractivity contribution in [1.29, 1.82) is 0 Å². The fraction of sp³-hybridized carbons (Fsp3) is 1.00. The molecule has 4 nitrogen and oxygen atoms in total. The van der Waals surface area contributed by atoms with Gasteiger partial charge in [0.05, 0.1) is 19.3 Å². The molecule has 78 valence electrons. The summed E-state index contributed by atoms with van der Waals surface area (Å²) in [5.74, 6) is 0. The molecule has 0 radical (unpaired) electrons. The lowest BCUT2D eigenvalue weighted by atomic mass is 10.1. The standard InChI is InChI=1S/C9H20N2O2/c1-7-6-13-8(2)4-11(7)9(3-10)5-12/h7-9,12H,3-6,10H2,1-2H3. The first-order chi connectivity index (χ1) is 6.19. The fourth-order valence-corrected chi connectivity index (χ4v) is 1.75. The Bertz CT molecular complexity index is 151. The highest BCUT2D eigenvalue weighted by Gasteiger charge is 2.28. The van der Waals surface area contributed by atoms with Gasteiger partial charge in [-0.25, -0.2) is 0 Å². The minimum absolute atomic E-state index is 0.0846. The van der Waals surface area contributed by atoms with E-state index in [9.17, 15) is 0 Å². The fourth-order valence-electron chi connectivity index (χ4n) is 1.75. The molecule has 0 amide bonds. The lowest BCUT2D eigenvalue weighted by Crippen LogP contribution is -2.55. The van der Waals surface area contributed by atoms with Gasteiger partial charge >= 0.3 is 0 Å². The van der Waals surface area contributed by atoms with Crippen LogP contribution in [-0.4, -0.2) is 54.5 Å². The summed E-state index contributed by atoms with van der Waals surface area (Å²) in [6.45, 7) is 6.39. The Morgan fingerprint density at radius 3 is 2.85 bits per heavy atom. The van der Waals surface area contributed by atoms with Gasteiger partial charge in [0.15, 0.2) is 0 Å². The van der Waals surface area contributed by atoms with Crippen LogP contribution in [0.2, 0.25) is 0 Å². The molecule has 3 atom stereocenters. The van der Waals surface area contributed by atoms with Crippen LogP contribution in [0.3, 0.4) is 0 Å². The van der Waals surface area contributed by atoms with E-state index in [1.54, 1.807) is 0 Å². The van der Waals surface area contributed by atoms with E-state index in [2.05, 4.69) is 11.8 Å². The third-order valence-electron chi connectivity index (χ3n) is 2.61. The summed E-state index contributed by atoms with van der Waals surface area (Å²) in [4.78, 5) is 2.23. The van der Waals surface area contributed by atoms with Crippen molar-refractivity contribution in [2.75, 3.05) is 26.3 Å². The summed E-state index contributed by atoms with van der Waals surface area (Å²) >= 11 is 0. The number of nitrogens with zero attached hydrogens (tertiary/aromatic N) is 1. The van der Waals surface area contributed by atoms with Gasteiger partial charge in [0.1, 0.15) is 0 Å². The summed E-state index contributed by atoms with van der Waals surface area (Å²) < 4.78 is 5.50. The van der Waals surface area contributed by atoms with Gasteiger partial charge in [0.2, 0.25) is 0 Å². The van der Waals surface area contributed by atoms with Crippen LogP contribution >= 0.6 is 0 Å². The Morgan fingerprint density at radius 1 is 1.62 bits per heavy atom. The van der Waals surface area contributed by atoms with Gasteiger partial charge in [-0.05, 0) is 13.8 Å². The molecule has 0 spiro atoms. The van der Waals surface area contributed by atoms with Gasteiger partial charge in [-0.1, -0.05) is 0 Å². The summed E-state index contributed by atoms with van der Waals surface area (Å²) in [7, 11) is 0. The summed E-state index contributed by atoms with van der Waals surface area (Å²) in [6, 6.07) is 0.443. The minimum atomic E-state index is 0.0846. The van der Waals surface area contributed by atoms with Crippen molar-refractivity contribution in [3.05, 3.63) is 0 Å². The van der Waals surface area contributed by atoms with E-state index < -0.39 is 0 Å². The van der Waals surface area contributed by atoms with Gasteiger partial charge in [0.25, 0.3) is 0 Å². The first-order valence-corrected chi connectivity index (χ1v) is 4.87. The molecule has 0 aliphatic carbocycles. The van der Waals surface area contributed by atoms with Gasteiger partial charge in [0, 0.05) is 25.2 Å². The Balaban J connectivity index is 2.53. The highest BCUT2D eigenvalue weighted by atomic mass is 16.5. The van der Waals surface area contributed by atoms with Gasteiger partial charge < -0.3 is 15.6 Å². The largest absolute Gasteiger partial charge is 0.395 e. The van der Waals surface area contributed by atoms with Crippen LogP contribution in [0.25, 0.3) is 0 Å². The highest BCUT2D eigenvalue weighted by Crippen LogP contribution is 2.13. The molecule has 1 aliphatic heterocycles. The lowest BCUT2D eigenvalue weighted by Gasteiger charge is -2.40. The second-order valence-electron chi connectivity index (χ2n) is 3.76. The summed E-state index contributed by atoms with van der Waals surface area (Å²) in [5.41, 5.74) is 5.58. The third-order valence-corrected chi connectivity index (χ3v) is 2.61. The van der Waals surface area contributed by atoms with Crippen molar-refractivity contribution in [3.8, 4) is 0 Å². The first kappa shape index (κ1) is 10.9. The van der Waals surface area contributed by atoms with E-state index >= 15 is 0 Å². The molecule has 4 heteroatoms. The molecule has 0 aromatic rings. The molecule has 1 aliphatic rings. The Labute approximate surface area is 79.7 Å². The molecule has 13 heavy (non-hydrogen) atoms. The maximum atomic E-state index is 9.12. The van der Waals surface area contributed by atoms with Crippen LogP contribution in [0, 0.1) is 0 Å². The number of rotatable bonds is 3. The predicted molar refractivity (Wildman–Crippen MR) is 51.5 cm³/mol. The van der Waals surface area contributed by atoms with E-state index in [0.717, 1.165) is 13.2 Å². The van der Waals surface area contributed by atoms with Crippen LogP contribution in [-0.2, 0) is 4.74 Å². The zero-order chi connectivity index (χ0) is 9.84. The molecular weight excluding hydrogens is 168 g/mol. The van der Waals surface area contributed by atoms with Gasteiger partial charge in [-0.15, -0.1) is 0 Å². The SMILES string of the molecule is CC1CN(C(CN)CO)C(C)CO1. The maximum Gasteiger partial charge on any atom is 0.0674 e. The van der Waals surface area contributed by atoms with Crippen molar-refractivity contribution in [2.45, 2.75) is 32.0 Å². The highest BCUT2D eigenvalue weighted by molar-refractivity contribution is 4.82. The van der Waals surface area contributed by atoms with Crippen molar-refractivity contribution in [1.82, 2.24) is 4.90 Å². The molecule has 1 saturated heterocycles. The topological polar surface area (TPSA) is 58.7 Å². The number of morpholine rings is 1. The number of ether oxygens (including phenoxy) is 1. The van der Waals surface area contributed by atoms with Crippen molar-refractivity contribution in [2.24, 2.45) is 5.73 Å². The smallest absolute Gasteiger partial charge is 0.0674 e. The normalized spacial score (nSPS) is 33.2. The quantitative estimate of drug-likeness (QED) is 0.622. The number of hydrogen-bond acceptors (Lipinski definition) is 4. The molecule has 0 saturated carbocycles. The van der Waals surface area contributed by atoms with Crippen molar-refractivity contribution in [3.63, 3.8) is 0 Å². The number of aliphatic hydroxyl groups excluding tert-OH is 1. The van der Waals surface area contributed by atoms with Crippen LogP contribution in [0.4, 0.5) is 0 Å². The molecule has 0 aromatic heterocycles. The monoisotopic (exact) mass is 188 g/mol. The molecule has 1 heterocycles. The number of nitrogens with two attached hydrogens (primary N) is 1. The first-order valence-electron chi connectivity index (χ1n) is 4.87. The Kier molecular flexibility index (Phi) is 4.12. The van der Waals surface area contributed by atoms with E-state index in [4.69, 9.17) is 15.6 Å². The molecule has 1 fully saturated rings. The van der Waals surface area contributed by atoms with Crippen LogP contribution in [0.5, 0.6) is 0 Å². The van der Waals surface area contributed by atoms with E-state index in [1.807, 2.05) is 6.92 Å². The zero-order valence-corrected chi connectivity index (χ0v) is 8.44. The average Bonchev–Trinajstić information content (AvgIpc) is 2.13. The van der Waals surface area contributed by atoms with Gasteiger partial charge in [-0.2, -0.15) is 0 Å². The molecule has 3 N–H and O–H groups in total. The second kappa shape index (κ2) is 4.91.